The number of aromatic nitrogens is 3. The largest absolute Gasteiger partial charge is 0.310 e. The predicted molar refractivity (Wildman–Crippen MR) is 59.6 cm³/mol. The Morgan fingerprint density at radius 2 is 2.47 bits per heavy atom. The molecule has 15 heavy (non-hydrogen) atoms. The molecule has 0 saturated heterocycles. The molecule has 1 aliphatic carbocycles. The molecule has 2 heterocycles. The Bertz CT molecular complexity index is 430. The van der Waals surface area contributed by atoms with E-state index in [1.54, 1.807) is 11.3 Å². The summed E-state index contributed by atoms with van der Waals surface area (Å²) >= 11 is 1.63. The SMILES string of the molecule is c1csc(-c2[nH]ncc2CNC2CC2)n1. The topological polar surface area (TPSA) is 53.6 Å². The molecule has 0 amide bonds. The third-order valence-corrected chi connectivity index (χ3v) is 3.31. The fourth-order valence-electron chi connectivity index (χ4n) is 1.52. The highest BCUT2D eigenvalue weighted by Crippen LogP contribution is 2.24. The Morgan fingerprint density at radius 1 is 1.53 bits per heavy atom. The van der Waals surface area contributed by atoms with Gasteiger partial charge < -0.3 is 5.32 Å². The first-order valence-corrected chi connectivity index (χ1v) is 5.97. The van der Waals surface area contributed by atoms with Crippen molar-refractivity contribution in [2.45, 2.75) is 25.4 Å². The summed E-state index contributed by atoms with van der Waals surface area (Å²) in [4.78, 5) is 4.28. The standard InChI is InChI=1S/C10H12N4S/c1-2-8(1)12-5-7-6-13-14-9(7)10-11-3-4-15-10/h3-4,6,8,12H,1-2,5H2,(H,13,14). The van der Waals surface area contributed by atoms with Gasteiger partial charge in [0.25, 0.3) is 0 Å². The molecule has 3 rings (SSSR count). The van der Waals surface area contributed by atoms with Crippen LogP contribution in [0.5, 0.6) is 0 Å². The minimum absolute atomic E-state index is 0.726. The van der Waals surface area contributed by atoms with E-state index in [1.807, 2.05) is 17.8 Å². The summed E-state index contributed by atoms with van der Waals surface area (Å²) in [5.74, 6) is 0. The van der Waals surface area contributed by atoms with Crippen LogP contribution in [0.4, 0.5) is 0 Å². The van der Waals surface area contributed by atoms with Gasteiger partial charge in [-0.3, -0.25) is 5.10 Å². The van der Waals surface area contributed by atoms with E-state index in [0.29, 0.717) is 0 Å². The molecule has 1 fully saturated rings. The maximum atomic E-state index is 4.28. The van der Waals surface area contributed by atoms with Crippen LogP contribution in [-0.4, -0.2) is 21.2 Å². The molecule has 0 atom stereocenters. The van der Waals surface area contributed by atoms with E-state index in [1.165, 1.54) is 18.4 Å². The second-order valence-electron chi connectivity index (χ2n) is 3.76. The number of hydrogen-bond acceptors (Lipinski definition) is 4. The fraction of sp³-hybridized carbons (Fsp3) is 0.400. The van der Waals surface area contributed by atoms with E-state index in [9.17, 15) is 0 Å². The number of nitrogens with one attached hydrogen (secondary N) is 2. The maximum Gasteiger partial charge on any atom is 0.141 e. The van der Waals surface area contributed by atoms with E-state index in [2.05, 4.69) is 20.5 Å². The number of nitrogens with zero attached hydrogens (tertiary/aromatic N) is 2. The predicted octanol–water partition coefficient (Wildman–Crippen LogP) is 1.79. The summed E-state index contributed by atoms with van der Waals surface area (Å²) in [6.07, 6.45) is 6.32. The number of thiazole rings is 1. The molecule has 2 aromatic heterocycles. The number of aromatic amines is 1. The van der Waals surface area contributed by atoms with Gasteiger partial charge in [0.1, 0.15) is 5.01 Å². The lowest BCUT2D eigenvalue weighted by atomic mass is 10.2. The lowest BCUT2D eigenvalue weighted by Crippen LogP contribution is -2.15. The van der Waals surface area contributed by atoms with Crippen molar-refractivity contribution >= 4 is 11.3 Å². The second kappa shape index (κ2) is 3.75. The number of H-pyrrole nitrogens is 1. The highest BCUT2D eigenvalue weighted by atomic mass is 32.1. The van der Waals surface area contributed by atoms with Gasteiger partial charge in [-0.05, 0) is 12.8 Å². The first kappa shape index (κ1) is 9.06. The van der Waals surface area contributed by atoms with Crippen LogP contribution in [0.2, 0.25) is 0 Å². The van der Waals surface area contributed by atoms with Gasteiger partial charge in [0.05, 0.1) is 11.9 Å². The summed E-state index contributed by atoms with van der Waals surface area (Å²) in [6, 6.07) is 0.726. The van der Waals surface area contributed by atoms with Crippen LogP contribution >= 0.6 is 11.3 Å². The zero-order chi connectivity index (χ0) is 10.1. The molecule has 2 N–H and O–H groups in total. The van der Waals surface area contributed by atoms with Crippen molar-refractivity contribution in [2.75, 3.05) is 0 Å². The summed E-state index contributed by atoms with van der Waals surface area (Å²) in [5.41, 5.74) is 2.26. The Balaban J connectivity index is 1.79. The lowest BCUT2D eigenvalue weighted by Gasteiger charge is -2.01. The second-order valence-corrected chi connectivity index (χ2v) is 4.66. The lowest BCUT2D eigenvalue weighted by molar-refractivity contribution is 0.689. The average Bonchev–Trinajstić information content (AvgIpc) is 2.79. The minimum atomic E-state index is 0.726. The molecule has 0 radical (unpaired) electrons. The molecule has 4 nitrogen and oxygen atoms in total. The molecular weight excluding hydrogens is 208 g/mol. The Morgan fingerprint density at radius 3 is 3.20 bits per heavy atom. The van der Waals surface area contributed by atoms with Gasteiger partial charge in [-0.2, -0.15) is 5.10 Å². The van der Waals surface area contributed by atoms with Gasteiger partial charge in [-0.25, -0.2) is 4.98 Å². The first-order valence-electron chi connectivity index (χ1n) is 5.09. The van der Waals surface area contributed by atoms with E-state index in [4.69, 9.17) is 0 Å². The summed E-state index contributed by atoms with van der Waals surface area (Å²) < 4.78 is 0. The molecule has 0 bridgehead atoms. The van der Waals surface area contributed by atoms with Crippen molar-refractivity contribution in [1.29, 1.82) is 0 Å². The van der Waals surface area contributed by atoms with Crippen LogP contribution in [0.3, 0.4) is 0 Å². The van der Waals surface area contributed by atoms with Crippen LogP contribution in [0.1, 0.15) is 18.4 Å². The van der Waals surface area contributed by atoms with E-state index in [-0.39, 0.29) is 0 Å². The molecule has 1 saturated carbocycles. The van der Waals surface area contributed by atoms with Crippen LogP contribution in [0.15, 0.2) is 17.8 Å². The Kier molecular flexibility index (Phi) is 2.26. The van der Waals surface area contributed by atoms with Gasteiger partial charge >= 0.3 is 0 Å². The zero-order valence-electron chi connectivity index (χ0n) is 8.23. The third kappa shape index (κ3) is 1.93. The summed E-state index contributed by atoms with van der Waals surface area (Å²) in [6.45, 7) is 0.885. The van der Waals surface area contributed by atoms with Gasteiger partial charge in [0.2, 0.25) is 0 Å². The third-order valence-electron chi connectivity index (χ3n) is 2.52. The minimum Gasteiger partial charge on any atom is -0.310 e. The van der Waals surface area contributed by atoms with E-state index >= 15 is 0 Å². The van der Waals surface area contributed by atoms with Gasteiger partial charge in [-0.15, -0.1) is 11.3 Å². The normalized spacial score (nSPS) is 15.7. The molecule has 0 aromatic carbocycles. The Hall–Kier alpha value is -1.20. The smallest absolute Gasteiger partial charge is 0.141 e. The Labute approximate surface area is 91.7 Å². The van der Waals surface area contributed by atoms with Gasteiger partial charge in [0.15, 0.2) is 0 Å². The number of hydrogen-bond donors (Lipinski definition) is 2. The zero-order valence-corrected chi connectivity index (χ0v) is 9.05. The van der Waals surface area contributed by atoms with Gasteiger partial charge in [-0.1, -0.05) is 0 Å². The quantitative estimate of drug-likeness (QED) is 0.826. The van der Waals surface area contributed by atoms with Crippen molar-refractivity contribution in [3.63, 3.8) is 0 Å². The summed E-state index contributed by atoms with van der Waals surface area (Å²) in [7, 11) is 0. The van der Waals surface area contributed by atoms with Crippen LogP contribution in [0.25, 0.3) is 10.7 Å². The van der Waals surface area contributed by atoms with E-state index in [0.717, 1.165) is 23.3 Å². The molecular formula is C10H12N4S. The fourth-order valence-corrected chi connectivity index (χ4v) is 2.19. The van der Waals surface area contributed by atoms with E-state index < -0.39 is 0 Å². The van der Waals surface area contributed by atoms with Crippen molar-refractivity contribution < 1.29 is 0 Å². The van der Waals surface area contributed by atoms with Crippen molar-refractivity contribution in [3.05, 3.63) is 23.3 Å². The van der Waals surface area contributed by atoms with Gasteiger partial charge in [0, 0.05) is 29.7 Å². The number of rotatable bonds is 4. The summed E-state index contributed by atoms with van der Waals surface area (Å²) in [5, 5.41) is 13.6. The molecule has 78 valence electrons. The molecule has 0 unspecified atom stereocenters. The highest BCUT2D eigenvalue weighted by molar-refractivity contribution is 7.13. The molecule has 0 aliphatic heterocycles. The molecule has 2 aromatic rings. The van der Waals surface area contributed by atoms with Crippen LogP contribution in [0, 0.1) is 0 Å². The monoisotopic (exact) mass is 220 g/mol. The molecule has 1 aliphatic rings. The molecule has 5 heteroatoms. The highest BCUT2D eigenvalue weighted by Gasteiger charge is 2.21. The van der Waals surface area contributed by atoms with Crippen molar-refractivity contribution in [3.8, 4) is 10.7 Å². The first-order chi connectivity index (χ1) is 7.43. The molecule has 0 spiro atoms. The van der Waals surface area contributed by atoms with Crippen LogP contribution in [-0.2, 0) is 6.54 Å². The average molecular weight is 220 g/mol. The van der Waals surface area contributed by atoms with Crippen molar-refractivity contribution in [1.82, 2.24) is 20.5 Å². The van der Waals surface area contributed by atoms with Crippen molar-refractivity contribution in [2.24, 2.45) is 0 Å². The van der Waals surface area contributed by atoms with Crippen LogP contribution < -0.4 is 5.32 Å². The maximum absolute atomic E-state index is 4.28.